The van der Waals surface area contributed by atoms with Crippen molar-refractivity contribution in [3.05, 3.63) is 36.7 Å². The van der Waals surface area contributed by atoms with Gasteiger partial charge in [-0.1, -0.05) is 6.92 Å². The van der Waals surface area contributed by atoms with Crippen LogP contribution in [0.3, 0.4) is 0 Å². The number of hydrogen-bond donors (Lipinski definition) is 2. The van der Waals surface area contributed by atoms with Crippen LogP contribution in [0.1, 0.15) is 26.2 Å². The maximum Gasteiger partial charge on any atom is 0.224 e. The van der Waals surface area contributed by atoms with Crippen LogP contribution in [0.4, 0.5) is 10.1 Å². The van der Waals surface area contributed by atoms with Crippen LogP contribution < -0.4 is 10.6 Å². The van der Waals surface area contributed by atoms with Gasteiger partial charge in [0.1, 0.15) is 18.3 Å². The number of rotatable bonds is 5. The summed E-state index contributed by atoms with van der Waals surface area (Å²) >= 11 is 0. The highest BCUT2D eigenvalue weighted by molar-refractivity contribution is 5.90. The summed E-state index contributed by atoms with van der Waals surface area (Å²) in [5, 5.41) is 10.1. The SMILES string of the molecule is CC(CC(=O)Nc1ccc(-n2cncn2)c(F)c1)C1CCCNC1.Cl. The van der Waals surface area contributed by atoms with Crippen LogP contribution in [0.5, 0.6) is 0 Å². The molecule has 3 rings (SSSR count). The number of benzene rings is 1. The van der Waals surface area contributed by atoms with E-state index < -0.39 is 5.82 Å². The molecule has 136 valence electrons. The van der Waals surface area contributed by atoms with Crippen LogP contribution in [0.25, 0.3) is 5.69 Å². The Morgan fingerprint density at radius 2 is 2.36 bits per heavy atom. The molecule has 1 aliphatic heterocycles. The van der Waals surface area contributed by atoms with Crippen molar-refractivity contribution in [2.75, 3.05) is 18.4 Å². The number of piperidine rings is 1. The molecule has 2 heterocycles. The quantitative estimate of drug-likeness (QED) is 0.852. The first-order valence-electron chi connectivity index (χ1n) is 8.28. The summed E-state index contributed by atoms with van der Waals surface area (Å²) in [6.45, 7) is 4.13. The fraction of sp³-hybridized carbons (Fsp3) is 0.471. The van der Waals surface area contributed by atoms with Crippen LogP contribution in [-0.2, 0) is 4.79 Å². The second-order valence-corrected chi connectivity index (χ2v) is 6.34. The Hall–Kier alpha value is -1.99. The number of amides is 1. The van der Waals surface area contributed by atoms with Crippen molar-refractivity contribution in [2.24, 2.45) is 11.8 Å². The summed E-state index contributed by atoms with van der Waals surface area (Å²) in [7, 11) is 0. The third-order valence-electron chi connectivity index (χ3n) is 4.54. The van der Waals surface area contributed by atoms with Crippen molar-refractivity contribution in [1.29, 1.82) is 0 Å². The molecule has 1 saturated heterocycles. The normalized spacial score (nSPS) is 18.2. The number of halogens is 2. The first-order valence-corrected chi connectivity index (χ1v) is 8.28. The molecule has 1 fully saturated rings. The van der Waals surface area contributed by atoms with Gasteiger partial charge in [-0.3, -0.25) is 4.79 Å². The number of aromatic nitrogens is 3. The van der Waals surface area contributed by atoms with Crippen LogP contribution in [0, 0.1) is 17.7 Å². The molecule has 0 bridgehead atoms. The van der Waals surface area contributed by atoms with Crippen LogP contribution in [0.2, 0.25) is 0 Å². The molecule has 0 saturated carbocycles. The lowest BCUT2D eigenvalue weighted by molar-refractivity contribution is -0.117. The Morgan fingerprint density at radius 1 is 1.52 bits per heavy atom. The minimum atomic E-state index is -0.456. The standard InChI is InChI=1S/C17H22FN5O.ClH/c1-12(13-3-2-6-19-9-13)7-17(24)22-14-4-5-16(15(18)8-14)23-11-20-10-21-23;/h4-5,8,10-13,19H,2-3,6-7,9H2,1H3,(H,22,24);1H. The number of anilines is 1. The number of nitrogens with zero attached hydrogens (tertiary/aromatic N) is 3. The van der Waals surface area contributed by atoms with Crippen molar-refractivity contribution >= 4 is 24.0 Å². The van der Waals surface area contributed by atoms with E-state index in [-0.39, 0.29) is 18.3 Å². The van der Waals surface area contributed by atoms with Crippen molar-refractivity contribution < 1.29 is 9.18 Å². The van der Waals surface area contributed by atoms with E-state index in [1.165, 1.54) is 23.4 Å². The monoisotopic (exact) mass is 367 g/mol. The maximum atomic E-state index is 14.2. The molecule has 2 aromatic rings. The molecule has 1 aromatic carbocycles. The van der Waals surface area contributed by atoms with Crippen molar-refractivity contribution in [3.8, 4) is 5.69 Å². The second-order valence-electron chi connectivity index (χ2n) is 6.34. The van der Waals surface area contributed by atoms with E-state index in [1.54, 1.807) is 12.1 Å². The Kier molecular flexibility index (Phi) is 6.90. The third kappa shape index (κ3) is 4.99. The van der Waals surface area contributed by atoms with Gasteiger partial charge >= 0.3 is 0 Å². The van der Waals surface area contributed by atoms with Gasteiger partial charge in [0.15, 0.2) is 5.82 Å². The van der Waals surface area contributed by atoms with Crippen molar-refractivity contribution in [3.63, 3.8) is 0 Å². The fourth-order valence-electron chi connectivity index (χ4n) is 3.14. The van der Waals surface area contributed by atoms with E-state index in [9.17, 15) is 9.18 Å². The van der Waals surface area contributed by atoms with Crippen molar-refractivity contribution in [2.45, 2.75) is 26.2 Å². The minimum absolute atomic E-state index is 0. The number of nitrogens with one attached hydrogen (secondary N) is 2. The summed E-state index contributed by atoms with van der Waals surface area (Å²) in [6.07, 6.45) is 5.53. The van der Waals surface area contributed by atoms with E-state index >= 15 is 0 Å². The molecular weight excluding hydrogens is 345 g/mol. The molecule has 0 aliphatic carbocycles. The molecular formula is C17H23ClFN5O. The average molecular weight is 368 g/mol. The molecule has 25 heavy (non-hydrogen) atoms. The topological polar surface area (TPSA) is 71.8 Å². The Labute approximate surface area is 152 Å². The van der Waals surface area contributed by atoms with Crippen LogP contribution in [0.15, 0.2) is 30.9 Å². The molecule has 2 unspecified atom stereocenters. The zero-order chi connectivity index (χ0) is 16.9. The molecule has 2 N–H and O–H groups in total. The van der Waals surface area contributed by atoms with Crippen LogP contribution >= 0.6 is 12.4 Å². The van der Waals surface area contributed by atoms with E-state index in [2.05, 4.69) is 27.6 Å². The summed E-state index contributed by atoms with van der Waals surface area (Å²) in [5.41, 5.74) is 0.752. The Bertz CT molecular complexity index is 688. The summed E-state index contributed by atoms with van der Waals surface area (Å²) in [5.74, 6) is 0.289. The van der Waals surface area contributed by atoms with Gasteiger partial charge in [-0.05, 0) is 56.0 Å². The number of carbonyl (C=O) groups excluding carboxylic acids is 1. The molecule has 8 heteroatoms. The highest BCUT2D eigenvalue weighted by atomic mass is 35.5. The molecule has 6 nitrogen and oxygen atoms in total. The molecule has 1 amide bonds. The Balaban J connectivity index is 0.00000225. The van der Waals surface area contributed by atoms with Gasteiger partial charge in [0.05, 0.1) is 0 Å². The third-order valence-corrected chi connectivity index (χ3v) is 4.54. The van der Waals surface area contributed by atoms with E-state index in [1.807, 2.05) is 0 Å². The first kappa shape index (κ1) is 19.3. The lowest BCUT2D eigenvalue weighted by Crippen LogP contribution is -2.34. The summed E-state index contributed by atoms with van der Waals surface area (Å²) < 4.78 is 15.5. The number of hydrogen-bond acceptors (Lipinski definition) is 4. The lowest BCUT2D eigenvalue weighted by Gasteiger charge is -2.28. The minimum Gasteiger partial charge on any atom is -0.326 e. The molecule has 1 aromatic heterocycles. The predicted octanol–water partition coefficient (Wildman–Crippen LogP) is 2.79. The smallest absolute Gasteiger partial charge is 0.224 e. The van der Waals surface area contributed by atoms with Crippen LogP contribution in [-0.4, -0.2) is 33.8 Å². The molecule has 1 aliphatic rings. The van der Waals surface area contributed by atoms with Gasteiger partial charge < -0.3 is 10.6 Å². The summed E-state index contributed by atoms with van der Waals surface area (Å²) in [4.78, 5) is 16.0. The second kappa shape index (κ2) is 8.92. The van der Waals surface area contributed by atoms with Gasteiger partial charge in [-0.2, -0.15) is 5.10 Å². The Morgan fingerprint density at radius 3 is 3.00 bits per heavy atom. The highest BCUT2D eigenvalue weighted by Crippen LogP contribution is 2.23. The first-order chi connectivity index (χ1) is 11.6. The largest absolute Gasteiger partial charge is 0.326 e. The van der Waals surface area contributed by atoms with E-state index in [0.29, 0.717) is 29.6 Å². The predicted molar refractivity (Wildman–Crippen MR) is 96.6 cm³/mol. The molecule has 0 radical (unpaired) electrons. The average Bonchev–Trinajstić information content (AvgIpc) is 3.10. The highest BCUT2D eigenvalue weighted by Gasteiger charge is 2.22. The van der Waals surface area contributed by atoms with Crippen molar-refractivity contribution in [1.82, 2.24) is 20.1 Å². The van der Waals surface area contributed by atoms with E-state index in [0.717, 1.165) is 25.9 Å². The van der Waals surface area contributed by atoms with Gasteiger partial charge in [0.2, 0.25) is 5.91 Å². The van der Waals surface area contributed by atoms with Gasteiger partial charge in [0.25, 0.3) is 0 Å². The van der Waals surface area contributed by atoms with E-state index in [4.69, 9.17) is 0 Å². The van der Waals surface area contributed by atoms with Gasteiger partial charge in [-0.25, -0.2) is 14.1 Å². The zero-order valence-electron chi connectivity index (χ0n) is 14.1. The fourth-order valence-corrected chi connectivity index (χ4v) is 3.14. The molecule has 2 atom stereocenters. The van der Waals surface area contributed by atoms with Gasteiger partial charge in [-0.15, -0.1) is 12.4 Å². The summed E-state index contributed by atoms with van der Waals surface area (Å²) in [6, 6.07) is 4.56. The lowest BCUT2D eigenvalue weighted by atomic mass is 9.85. The number of carbonyl (C=O) groups is 1. The zero-order valence-corrected chi connectivity index (χ0v) is 14.9. The maximum absolute atomic E-state index is 14.2. The molecule has 0 spiro atoms. The van der Waals surface area contributed by atoms with Gasteiger partial charge in [0, 0.05) is 12.1 Å².